The normalized spacial score (nSPS) is 12.1. The summed E-state index contributed by atoms with van der Waals surface area (Å²) in [5.41, 5.74) is -2.01. The van der Waals surface area contributed by atoms with E-state index in [2.05, 4.69) is 4.98 Å². The van der Waals surface area contributed by atoms with E-state index in [1.54, 1.807) is 6.07 Å². The average molecular weight is 424 g/mol. The molecular weight excluding hydrogens is 417 g/mol. The van der Waals surface area contributed by atoms with Crippen LogP contribution in [0.2, 0.25) is 5.02 Å². The fourth-order valence-electron chi connectivity index (χ4n) is 2.37. The van der Waals surface area contributed by atoms with Crippen molar-refractivity contribution in [1.29, 1.82) is 0 Å². The van der Waals surface area contributed by atoms with Crippen molar-refractivity contribution in [2.45, 2.75) is 22.8 Å². The molecule has 0 unspecified atom stereocenters. The molecule has 1 heterocycles. The number of benzene rings is 2. The first kappa shape index (κ1) is 19.4. The maximum Gasteiger partial charge on any atom is 0.418 e. The van der Waals surface area contributed by atoms with Crippen LogP contribution in [0, 0.1) is 10.1 Å². The van der Waals surface area contributed by atoms with E-state index in [1.807, 2.05) is 0 Å². The smallest absolute Gasteiger partial charge is 0.261 e. The molecule has 5 nitrogen and oxygen atoms in total. The van der Waals surface area contributed by atoms with Gasteiger partial charge in [0, 0.05) is 6.07 Å². The molecule has 0 spiro atoms. The lowest BCUT2D eigenvalue weighted by Crippen LogP contribution is -2.07. The van der Waals surface area contributed by atoms with Crippen LogP contribution in [0.3, 0.4) is 0 Å². The minimum atomic E-state index is -4.90. The van der Waals surface area contributed by atoms with Crippen molar-refractivity contribution in [2.75, 3.05) is 0 Å². The van der Waals surface area contributed by atoms with Gasteiger partial charge in [-0.15, -0.1) is 0 Å². The molecule has 3 rings (SSSR count). The second-order valence-corrected chi connectivity index (χ2v) is 6.60. The van der Waals surface area contributed by atoms with Gasteiger partial charge in [0.15, 0.2) is 5.16 Å². The Morgan fingerprint density at radius 2 is 1.89 bits per heavy atom. The summed E-state index contributed by atoms with van der Waals surface area (Å²) in [5.74, 6) is 0. The number of nitro groups is 1. The summed E-state index contributed by atoms with van der Waals surface area (Å²) in [7, 11) is 0. The lowest BCUT2D eigenvalue weighted by molar-refractivity contribution is -0.388. The highest BCUT2D eigenvalue weighted by Crippen LogP contribution is 2.44. The van der Waals surface area contributed by atoms with Crippen molar-refractivity contribution in [3.8, 4) is 0 Å². The van der Waals surface area contributed by atoms with Crippen LogP contribution in [-0.2, 0) is 6.18 Å². The summed E-state index contributed by atoms with van der Waals surface area (Å²) in [6, 6.07) is 6.92. The van der Waals surface area contributed by atoms with Crippen molar-refractivity contribution < 1.29 is 26.9 Å². The summed E-state index contributed by atoms with van der Waals surface area (Å²) in [6.45, 7) is -3.01. The topological polar surface area (TPSA) is 61.0 Å². The molecule has 0 radical (unpaired) electrons. The Bertz CT molecular complexity index is 1040. The molecule has 0 atom stereocenters. The summed E-state index contributed by atoms with van der Waals surface area (Å²) >= 11 is 6.04. The van der Waals surface area contributed by atoms with Crippen LogP contribution >= 0.6 is 23.4 Å². The van der Waals surface area contributed by atoms with Crippen LogP contribution < -0.4 is 0 Å². The first-order chi connectivity index (χ1) is 12.6. The average Bonchev–Trinajstić information content (AvgIpc) is 2.91. The molecule has 0 bridgehead atoms. The van der Waals surface area contributed by atoms with Crippen LogP contribution in [0.15, 0.2) is 46.5 Å². The van der Waals surface area contributed by atoms with E-state index < -0.39 is 33.9 Å². The van der Waals surface area contributed by atoms with Gasteiger partial charge in [-0.2, -0.15) is 22.0 Å². The Morgan fingerprint density at radius 3 is 2.48 bits per heavy atom. The number of halogens is 6. The number of fused-ring (bicyclic) bond motifs is 1. The van der Waals surface area contributed by atoms with E-state index in [1.165, 1.54) is 18.2 Å². The summed E-state index contributed by atoms with van der Waals surface area (Å²) < 4.78 is 66.2. The van der Waals surface area contributed by atoms with Crippen molar-refractivity contribution in [3.63, 3.8) is 0 Å². The van der Waals surface area contributed by atoms with Crippen LogP contribution in [-0.4, -0.2) is 14.5 Å². The van der Waals surface area contributed by atoms with Gasteiger partial charge < -0.3 is 0 Å². The molecule has 0 saturated carbocycles. The lowest BCUT2D eigenvalue weighted by atomic mass is 10.2. The number of imidazole rings is 1. The molecule has 0 amide bonds. The van der Waals surface area contributed by atoms with Crippen molar-refractivity contribution in [2.24, 2.45) is 0 Å². The minimum absolute atomic E-state index is 0.0793. The summed E-state index contributed by atoms with van der Waals surface area (Å²) in [5, 5.41) is 10.1. The fraction of sp³-hybridized carbons (Fsp3) is 0.133. The van der Waals surface area contributed by atoms with Gasteiger partial charge in [0.1, 0.15) is 0 Å². The van der Waals surface area contributed by atoms with Crippen molar-refractivity contribution in [1.82, 2.24) is 9.55 Å². The van der Waals surface area contributed by atoms with Gasteiger partial charge >= 0.3 is 12.7 Å². The zero-order valence-corrected chi connectivity index (χ0v) is 14.4. The number of nitrogens with zero attached hydrogens (tertiary/aromatic N) is 3. The number of rotatable bonds is 4. The van der Waals surface area contributed by atoms with Gasteiger partial charge in [0.05, 0.1) is 31.4 Å². The standard InChI is InChI=1S/C15H7ClF5N3O2S/c16-8-6-12(11(24(25)26)5-7(8)15(19,20)21)27-14-22-9-3-1-2-4-10(9)23(14)13(17)18/h1-6,13H. The number of nitro benzene ring substituents is 1. The van der Waals surface area contributed by atoms with Crippen LogP contribution in [0.25, 0.3) is 11.0 Å². The second-order valence-electron chi connectivity index (χ2n) is 5.19. The first-order valence-corrected chi connectivity index (χ1v) is 8.27. The predicted molar refractivity (Wildman–Crippen MR) is 88.2 cm³/mol. The zero-order valence-electron chi connectivity index (χ0n) is 12.9. The molecule has 0 aliphatic rings. The number of aromatic nitrogens is 2. The molecule has 3 aromatic rings. The summed E-state index contributed by atoms with van der Waals surface area (Å²) in [6.07, 6.45) is -4.90. The van der Waals surface area contributed by atoms with Gasteiger partial charge in [-0.3, -0.25) is 14.7 Å². The number of hydrogen-bond donors (Lipinski definition) is 0. The Labute approximate surface area is 156 Å². The zero-order chi connectivity index (χ0) is 19.9. The van der Waals surface area contributed by atoms with E-state index in [4.69, 9.17) is 11.6 Å². The highest BCUT2D eigenvalue weighted by molar-refractivity contribution is 7.99. The van der Waals surface area contributed by atoms with E-state index in [-0.39, 0.29) is 27.2 Å². The molecule has 0 N–H and O–H groups in total. The second kappa shape index (κ2) is 6.97. The Hall–Kier alpha value is -2.40. The van der Waals surface area contributed by atoms with Crippen molar-refractivity contribution >= 4 is 40.1 Å². The predicted octanol–water partition coefficient (Wildman–Crippen LogP) is 6.16. The largest absolute Gasteiger partial charge is 0.418 e. The van der Waals surface area contributed by atoms with Crippen molar-refractivity contribution in [3.05, 3.63) is 57.1 Å². The molecule has 1 aromatic heterocycles. The molecule has 0 aliphatic carbocycles. The quantitative estimate of drug-likeness (QED) is 0.286. The molecule has 27 heavy (non-hydrogen) atoms. The maximum atomic E-state index is 13.5. The van der Waals surface area contributed by atoms with E-state index in [0.717, 1.165) is 6.07 Å². The third-order valence-electron chi connectivity index (χ3n) is 3.51. The Balaban J connectivity index is 2.16. The third kappa shape index (κ3) is 3.69. The monoisotopic (exact) mass is 423 g/mol. The molecular formula is C15H7ClF5N3O2S. The number of hydrogen-bond acceptors (Lipinski definition) is 4. The molecule has 0 saturated heterocycles. The number of para-hydroxylation sites is 2. The molecule has 12 heteroatoms. The van der Waals surface area contributed by atoms with Gasteiger partial charge in [-0.05, 0) is 30.0 Å². The SMILES string of the molecule is O=[N+]([O-])c1cc(C(F)(F)F)c(Cl)cc1Sc1nc2ccccc2n1C(F)F. The molecule has 0 aliphatic heterocycles. The van der Waals surface area contributed by atoms with E-state index >= 15 is 0 Å². The minimum Gasteiger partial charge on any atom is -0.261 e. The van der Waals surface area contributed by atoms with Gasteiger partial charge in [0.25, 0.3) is 5.69 Å². The van der Waals surface area contributed by atoms with Crippen LogP contribution in [0.4, 0.5) is 27.6 Å². The summed E-state index contributed by atoms with van der Waals surface area (Å²) in [4.78, 5) is 13.8. The van der Waals surface area contributed by atoms with E-state index in [0.29, 0.717) is 16.3 Å². The highest BCUT2D eigenvalue weighted by atomic mass is 35.5. The fourth-order valence-corrected chi connectivity index (χ4v) is 3.73. The van der Waals surface area contributed by atoms with Crippen LogP contribution in [0.1, 0.15) is 12.1 Å². The maximum absolute atomic E-state index is 13.5. The number of alkyl halides is 5. The Morgan fingerprint density at radius 1 is 1.22 bits per heavy atom. The third-order valence-corrected chi connectivity index (χ3v) is 4.84. The van der Waals surface area contributed by atoms with Gasteiger partial charge in [0.2, 0.25) is 0 Å². The van der Waals surface area contributed by atoms with E-state index in [9.17, 15) is 32.1 Å². The molecule has 0 fully saturated rings. The highest BCUT2D eigenvalue weighted by Gasteiger charge is 2.36. The molecule has 2 aromatic carbocycles. The van der Waals surface area contributed by atoms with Gasteiger partial charge in [-0.25, -0.2) is 4.98 Å². The van der Waals surface area contributed by atoms with Gasteiger partial charge in [-0.1, -0.05) is 23.7 Å². The lowest BCUT2D eigenvalue weighted by Gasteiger charge is -2.11. The first-order valence-electron chi connectivity index (χ1n) is 7.07. The Kier molecular flexibility index (Phi) is 5.00. The molecule has 142 valence electrons. The van der Waals surface area contributed by atoms with Crippen LogP contribution in [0.5, 0.6) is 0 Å².